The molecule has 0 amide bonds. The molecule has 0 saturated carbocycles. The van der Waals surface area contributed by atoms with E-state index >= 15 is 0 Å². The Morgan fingerprint density at radius 3 is 2.31 bits per heavy atom. The Balaban J connectivity index is 1.75. The van der Waals surface area contributed by atoms with Gasteiger partial charge in [-0.25, -0.2) is 18.3 Å². The van der Waals surface area contributed by atoms with Gasteiger partial charge in [0.2, 0.25) is 0 Å². The van der Waals surface area contributed by atoms with Crippen LogP contribution >= 0.6 is 0 Å². The monoisotopic (exact) mass is 464 g/mol. The van der Waals surface area contributed by atoms with Crippen LogP contribution in [0.15, 0.2) is 47.6 Å². The Bertz CT molecular complexity index is 1110. The summed E-state index contributed by atoms with van der Waals surface area (Å²) in [5.41, 5.74) is 3.90. The van der Waals surface area contributed by atoms with E-state index in [1.165, 1.54) is 13.0 Å². The van der Waals surface area contributed by atoms with Crippen molar-refractivity contribution in [1.82, 2.24) is 5.48 Å². The third-order valence-electron chi connectivity index (χ3n) is 5.95. The minimum absolute atomic E-state index is 0.126. The number of benzene rings is 2. The Labute approximate surface area is 187 Å². The largest absolute Gasteiger partial charge is 0.392 e. The standard InChI is InChI=1S/C23H29FN2O5S/c1-22(2,27)17-8-5-15(6-9-17)19-10-7-16(11-20(19)24)21-12-18(31-26-21)13-23(3,14-25-28)32(4,29)30/h5-11,18,25,27-28H,12-14H2,1-4H3/t18-,23-/m1/s1. The third-order valence-corrected chi connectivity index (χ3v) is 8.05. The van der Waals surface area contributed by atoms with Crippen LogP contribution in [0.4, 0.5) is 4.39 Å². The molecule has 32 heavy (non-hydrogen) atoms. The number of rotatable bonds is 8. The van der Waals surface area contributed by atoms with Gasteiger partial charge in [-0.2, -0.15) is 0 Å². The molecule has 1 aliphatic rings. The molecule has 3 rings (SSSR count). The molecule has 9 heteroatoms. The van der Waals surface area contributed by atoms with Crippen LogP contribution in [0.25, 0.3) is 11.1 Å². The van der Waals surface area contributed by atoms with Crippen LogP contribution in [0.1, 0.15) is 44.7 Å². The first-order valence-electron chi connectivity index (χ1n) is 10.3. The highest BCUT2D eigenvalue weighted by Crippen LogP contribution is 2.31. The quantitative estimate of drug-likeness (QED) is 0.517. The molecule has 0 unspecified atom stereocenters. The van der Waals surface area contributed by atoms with Crippen molar-refractivity contribution in [2.24, 2.45) is 5.16 Å². The molecule has 2 aromatic rings. The third kappa shape index (κ3) is 5.17. The minimum Gasteiger partial charge on any atom is -0.392 e. The SMILES string of the molecule is CC(C)(O)c1ccc(-c2ccc(C3=NO[C@@H](C[C@](C)(CNO)S(C)(=O)=O)C3)cc2F)cc1. The van der Waals surface area contributed by atoms with Crippen LogP contribution < -0.4 is 5.48 Å². The summed E-state index contributed by atoms with van der Waals surface area (Å²) < 4.78 is 38.0. The molecule has 0 fully saturated rings. The lowest BCUT2D eigenvalue weighted by atomic mass is 9.94. The highest BCUT2D eigenvalue weighted by molar-refractivity contribution is 7.92. The molecule has 174 valence electrons. The second kappa shape index (κ2) is 8.90. The summed E-state index contributed by atoms with van der Waals surface area (Å²) in [6.45, 7) is 4.77. The number of nitrogens with zero attached hydrogens (tertiary/aromatic N) is 1. The van der Waals surface area contributed by atoms with Gasteiger partial charge in [-0.1, -0.05) is 41.6 Å². The maximum atomic E-state index is 14.9. The number of sulfone groups is 1. The Kier molecular flexibility index (Phi) is 6.76. The van der Waals surface area contributed by atoms with Gasteiger partial charge in [0.25, 0.3) is 0 Å². The van der Waals surface area contributed by atoms with E-state index in [0.29, 0.717) is 28.8 Å². The van der Waals surface area contributed by atoms with Gasteiger partial charge in [-0.05, 0) is 38.0 Å². The van der Waals surface area contributed by atoms with Crippen LogP contribution in [0.5, 0.6) is 0 Å². The van der Waals surface area contributed by atoms with Gasteiger partial charge in [0.1, 0.15) is 11.9 Å². The summed E-state index contributed by atoms with van der Waals surface area (Å²) in [6, 6.07) is 11.9. The van der Waals surface area contributed by atoms with Gasteiger partial charge in [0.05, 0.1) is 16.1 Å². The molecule has 3 N–H and O–H groups in total. The van der Waals surface area contributed by atoms with Gasteiger partial charge in [-0.15, -0.1) is 0 Å². The van der Waals surface area contributed by atoms with E-state index < -0.39 is 32.1 Å². The van der Waals surface area contributed by atoms with E-state index in [4.69, 9.17) is 10.0 Å². The number of hydrogen-bond donors (Lipinski definition) is 3. The fourth-order valence-corrected chi connectivity index (χ4v) is 4.51. The lowest BCUT2D eigenvalue weighted by Crippen LogP contribution is -2.46. The maximum absolute atomic E-state index is 14.9. The van der Waals surface area contributed by atoms with Gasteiger partial charge in [0, 0.05) is 36.8 Å². The van der Waals surface area contributed by atoms with Crippen LogP contribution in [0.2, 0.25) is 0 Å². The highest BCUT2D eigenvalue weighted by Gasteiger charge is 2.40. The summed E-state index contributed by atoms with van der Waals surface area (Å²) >= 11 is 0. The molecule has 2 aromatic carbocycles. The van der Waals surface area contributed by atoms with Gasteiger partial charge in [0.15, 0.2) is 9.84 Å². The predicted molar refractivity (Wildman–Crippen MR) is 121 cm³/mol. The zero-order chi connectivity index (χ0) is 23.7. The summed E-state index contributed by atoms with van der Waals surface area (Å²) in [4.78, 5) is 5.42. The van der Waals surface area contributed by atoms with Crippen LogP contribution in [-0.4, -0.2) is 48.1 Å². The van der Waals surface area contributed by atoms with Crippen molar-refractivity contribution in [2.75, 3.05) is 12.8 Å². The average Bonchev–Trinajstić information content (AvgIpc) is 3.15. The number of oxime groups is 1. The Hall–Kier alpha value is -2.33. The summed E-state index contributed by atoms with van der Waals surface area (Å²) in [5.74, 6) is -0.421. The topological polar surface area (TPSA) is 108 Å². The van der Waals surface area contributed by atoms with Crippen molar-refractivity contribution in [2.45, 2.75) is 50.1 Å². The molecule has 0 aromatic heterocycles. The summed E-state index contributed by atoms with van der Waals surface area (Å²) in [6.07, 6.45) is 1.06. The smallest absolute Gasteiger partial charge is 0.154 e. The Morgan fingerprint density at radius 1 is 1.16 bits per heavy atom. The zero-order valence-electron chi connectivity index (χ0n) is 18.6. The van der Waals surface area contributed by atoms with E-state index in [1.807, 2.05) is 5.48 Å². The van der Waals surface area contributed by atoms with E-state index in [-0.39, 0.29) is 13.0 Å². The second-order valence-corrected chi connectivity index (χ2v) is 11.6. The molecule has 0 bridgehead atoms. The molecule has 0 spiro atoms. The van der Waals surface area contributed by atoms with Crippen molar-refractivity contribution in [1.29, 1.82) is 0 Å². The fraction of sp³-hybridized carbons (Fsp3) is 0.435. The first-order chi connectivity index (χ1) is 14.8. The Morgan fingerprint density at radius 2 is 1.78 bits per heavy atom. The van der Waals surface area contributed by atoms with Crippen molar-refractivity contribution >= 4 is 15.5 Å². The van der Waals surface area contributed by atoms with Gasteiger partial charge < -0.3 is 15.2 Å². The predicted octanol–water partition coefficient (Wildman–Crippen LogP) is 3.39. The number of halogens is 1. The maximum Gasteiger partial charge on any atom is 0.154 e. The fourth-order valence-electron chi connectivity index (χ4n) is 3.70. The molecule has 0 saturated heterocycles. The molecule has 0 aliphatic carbocycles. The minimum atomic E-state index is -3.48. The molecule has 7 nitrogen and oxygen atoms in total. The second-order valence-electron chi connectivity index (χ2n) is 9.06. The number of hydrogen-bond acceptors (Lipinski definition) is 7. The van der Waals surface area contributed by atoms with Crippen molar-refractivity contribution < 1.29 is 28.0 Å². The van der Waals surface area contributed by atoms with E-state index in [0.717, 1.165) is 11.8 Å². The van der Waals surface area contributed by atoms with Crippen LogP contribution in [-0.2, 0) is 20.3 Å². The lowest BCUT2D eigenvalue weighted by molar-refractivity contribution is 0.0646. The van der Waals surface area contributed by atoms with E-state index in [9.17, 15) is 17.9 Å². The van der Waals surface area contributed by atoms with Crippen molar-refractivity contribution in [3.63, 3.8) is 0 Å². The highest BCUT2D eigenvalue weighted by atomic mass is 32.2. The molecule has 0 radical (unpaired) electrons. The van der Waals surface area contributed by atoms with Gasteiger partial charge >= 0.3 is 0 Å². The average molecular weight is 465 g/mol. The zero-order valence-corrected chi connectivity index (χ0v) is 19.4. The first-order valence-corrected chi connectivity index (χ1v) is 12.2. The number of aliphatic hydroxyl groups is 1. The molecular weight excluding hydrogens is 435 g/mol. The summed E-state index contributed by atoms with van der Waals surface area (Å²) in [7, 11) is -3.48. The van der Waals surface area contributed by atoms with E-state index in [2.05, 4.69) is 5.16 Å². The van der Waals surface area contributed by atoms with E-state index in [1.54, 1.807) is 50.2 Å². The van der Waals surface area contributed by atoms with Gasteiger partial charge in [-0.3, -0.25) is 0 Å². The molecule has 1 heterocycles. The van der Waals surface area contributed by atoms with Crippen LogP contribution in [0.3, 0.4) is 0 Å². The number of hydroxylamine groups is 1. The molecule has 1 aliphatic heterocycles. The number of nitrogens with one attached hydrogen (secondary N) is 1. The molecule has 2 atom stereocenters. The van der Waals surface area contributed by atoms with Crippen LogP contribution in [0, 0.1) is 5.82 Å². The normalized spacial score (nSPS) is 18.7. The lowest BCUT2D eigenvalue weighted by Gasteiger charge is -2.28. The first kappa shape index (κ1) is 24.3. The van der Waals surface area contributed by atoms with Crippen molar-refractivity contribution in [3.8, 4) is 11.1 Å². The van der Waals surface area contributed by atoms with Crippen molar-refractivity contribution in [3.05, 3.63) is 59.4 Å². The molecular formula is C23H29FN2O5S. The summed E-state index contributed by atoms with van der Waals surface area (Å²) in [5, 5.41) is 23.2.